The number of nitrogens with zero attached hydrogens (tertiary/aromatic N) is 1. The number of benzene rings is 1. The van der Waals surface area contributed by atoms with Gasteiger partial charge in [-0.2, -0.15) is 0 Å². The summed E-state index contributed by atoms with van der Waals surface area (Å²) in [5, 5.41) is 15.5. The molecule has 1 aromatic carbocycles. The summed E-state index contributed by atoms with van der Waals surface area (Å²) in [5.74, 6) is -4.03. The van der Waals surface area contributed by atoms with Crippen molar-refractivity contribution in [3.63, 3.8) is 0 Å². The molecule has 8 nitrogen and oxygen atoms in total. The van der Waals surface area contributed by atoms with Gasteiger partial charge >= 0.3 is 5.97 Å². The SMILES string of the molecule is CC(C)(C)N1C(=O)[C@@H]2C(CCC(=O)O)NC3(C(=O)Nc4ccc(Cl)cc43)[C@@H]2C1=O. The monoisotopic (exact) mass is 419 g/mol. The number of fused-ring (bicyclic) bond motifs is 4. The van der Waals surface area contributed by atoms with Gasteiger partial charge in [0, 0.05) is 34.3 Å². The first-order valence-corrected chi connectivity index (χ1v) is 9.85. The minimum absolute atomic E-state index is 0.123. The molecule has 9 heteroatoms. The molecule has 2 unspecified atom stereocenters. The summed E-state index contributed by atoms with van der Waals surface area (Å²) in [7, 11) is 0. The Kier molecular flexibility index (Phi) is 4.29. The molecule has 3 aliphatic heterocycles. The van der Waals surface area contributed by atoms with Crippen LogP contribution in [0.4, 0.5) is 5.69 Å². The molecule has 1 spiro atoms. The standard InChI is InChI=1S/C20H22ClN3O5/c1-19(2,3)24-16(27)14-12(6-7-13(25)26)23-20(15(14)17(24)28)10-8-9(21)4-5-11(10)22-18(20)29/h4-5,8,12,14-15,23H,6-7H2,1-3H3,(H,22,29)(H,25,26)/t12?,14-,15+,20?/m1/s1. The third-order valence-corrected chi connectivity index (χ3v) is 6.25. The molecule has 4 atom stereocenters. The van der Waals surface area contributed by atoms with Crippen molar-refractivity contribution in [2.75, 3.05) is 5.32 Å². The van der Waals surface area contributed by atoms with Gasteiger partial charge in [-0.1, -0.05) is 11.6 Å². The molecule has 3 aliphatic rings. The highest BCUT2D eigenvalue weighted by Gasteiger charge is 2.71. The molecule has 0 radical (unpaired) electrons. The number of carbonyl (C=O) groups is 4. The molecule has 0 aromatic heterocycles. The molecule has 3 N–H and O–H groups in total. The zero-order valence-corrected chi connectivity index (χ0v) is 17.0. The Morgan fingerprint density at radius 3 is 2.55 bits per heavy atom. The quantitative estimate of drug-likeness (QED) is 0.642. The number of hydrogen-bond donors (Lipinski definition) is 3. The zero-order chi connectivity index (χ0) is 21.3. The number of rotatable bonds is 3. The van der Waals surface area contributed by atoms with E-state index in [1.54, 1.807) is 39.0 Å². The lowest BCUT2D eigenvalue weighted by molar-refractivity contribution is -0.148. The maximum atomic E-state index is 13.5. The molecule has 3 heterocycles. The van der Waals surface area contributed by atoms with E-state index in [-0.39, 0.29) is 18.7 Å². The minimum atomic E-state index is -1.46. The largest absolute Gasteiger partial charge is 0.481 e. The average Bonchev–Trinajstić information content (AvgIpc) is 3.18. The fourth-order valence-electron chi connectivity index (χ4n) is 4.96. The van der Waals surface area contributed by atoms with Gasteiger partial charge < -0.3 is 10.4 Å². The maximum absolute atomic E-state index is 13.5. The smallest absolute Gasteiger partial charge is 0.303 e. The van der Waals surface area contributed by atoms with Crippen LogP contribution in [-0.2, 0) is 24.7 Å². The number of carbonyl (C=O) groups excluding carboxylic acids is 3. The van der Waals surface area contributed by atoms with E-state index >= 15 is 0 Å². The van der Waals surface area contributed by atoms with Gasteiger partial charge in [-0.15, -0.1) is 0 Å². The van der Waals surface area contributed by atoms with E-state index in [2.05, 4.69) is 10.6 Å². The topological polar surface area (TPSA) is 116 Å². The summed E-state index contributed by atoms with van der Waals surface area (Å²) in [6.45, 7) is 5.28. The first kappa shape index (κ1) is 19.8. The van der Waals surface area contributed by atoms with Crippen LogP contribution in [0.3, 0.4) is 0 Å². The van der Waals surface area contributed by atoms with Crippen LogP contribution in [0.25, 0.3) is 0 Å². The summed E-state index contributed by atoms with van der Waals surface area (Å²) < 4.78 is 0. The van der Waals surface area contributed by atoms with Crippen molar-refractivity contribution in [2.24, 2.45) is 11.8 Å². The molecule has 2 saturated heterocycles. The third kappa shape index (κ3) is 2.69. The predicted octanol–water partition coefficient (Wildman–Crippen LogP) is 1.72. The lowest BCUT2D eigenvalue weighted by Gasteiger charge is -2.34. The van der Waals surface area contributed by atoms with Gasteiger partial charge in [0.2, 0.25) is 17.7 Å². The van der Waals surface area contributed by atoms with E-state index in [1.165, 1.54) is 4.90 Å². The van der Waals surface area contributed by atoms with Crippen molar-refractivity contribution < 1.29 is 24.3 Å². The highest BCUT2D eigenvalue weighted by atomic mass is 35.5. The Bertz CT molecular complexity index is 956. The second-order valence-corrected chi connectivity index (χ2v) is 9.26. The molecular weight excluding hydrogens is 398 g/mol. The number of carboxylic acids is 1. The van der Waals surface area contributed by atoms with Crippen molar-refractivity contribution in [1.29, 1.82) is 0 Å². The van der Waals surface area contributed by atoms with Crippen LogP contribution in [0, 0.1) is 11.8 Å². The second-order valence-electron chi connectivity index (χ2n) is 8.82. The van der Waals surface area contributed by atoms with Gasteiger partial charge in [-0.3, -0.25) is 29.4 Å². The second kappa shape index (κ2) is 6.27. The van der Waals surface area contributed by atoms with Crippen molar-refractivity contribution >= 4 is 41.0 Å². The fourth-order valence-corrected chi connectivity index (χ4v) is 5.13. The average molecular weight is 420 g/mol. The fraction of sp³-hybridized carbons (Fsp3) is 0.500. The van der Waals surface area contributed by atoms with Gasteiger partial charge in [0.25, 0.3) is 0 Å². The molecule has 1 aromatic rings. The zero-order valence-electron chi connectivity index (χ0n) is 16.3. The summed E-state index contributed by atoms with van der Waals surface area (Å²) in [6, 6.07) is 4.29. The van der Waals surface area contributed by atoms with Crippen LogP contribution >= 0.6 is 11.6 Å². The van der Waals surface area contributed by atoms with Gasteiger partial charge in [0.1, 0.15) is 5.54 Å². The van der Waals surface area contributed by atoms with Gasteiger partial charge in [-0.05, 0) is 45.4 Å². The summed E-state index contributed by atoms with van der Waals surface area (Å²) >= 11 is 6.17. The van der Waals surface area contributed by atoms with Crippen molar-refractivity contribution in [2.45, 2.75) is 50.7 Å². The van der Waals surface area contributed by atoms with E-state index in [0.29, 0.717) is 16.3 Å². The number of carboxylic acid groups (broad SMARTS) is 1. The molecule has 0 bridgehead atoms. The number of halogens is 1. The number of amides is 3. The van der Waals surface area contributed by atoms with Crippen LogP contribution in [0.15, 0.2) is 18.2 Å². The number of hydrogen-bond acceptors (Lipinski definition) is 5. The molecule has 2 fully saturated rings. The van der Waals surface area contributed by atoms with Gasteiger partial charge in [0.15, 0.2) is 0 Å². The Hall–Kier alpha value is -2.45. The minimum Gasteiger partial charge on any atom is -0.481 e. The number of nitrogens with one attached hydrogen (secondary N) is 2. The highest BCUT2D eigenvalue weighted by Crippen LogP contribution is 2.54. The van der Waals surface area contributed by atoms with Crippen molar-refractivity contribution in [3.8, 4) is 0 Å². The lowest BCUT2D eigenvalue weighted by atomic mass is 9.76. The molecule has 3 amide bonds. The Labute approximate surface area is 172 Å². The van der Waals surface area contributed by atoms with Crippen LogP contribution in [0.2, 0.25) is 5.02 Å². The molecule has 0 saturated carbocycles. The normalized spacial score (nSPS) is 30.7. The van der Waals surface area contributed by atoms with Crippen molar-refractivity contribution in [3.05, 3.63) is 28.8 Å². The van der Waals surface area contributed by atoms with Gasteiger partial charge in [-0.25, -0.2) is 0 Å². The molecule has 29 heavy (non-hydrogen) atoms. The molecule has 4 rings (SSSR count). The van der Waals surface area contributed by atoms with Gasteiger partial charge in [0.05, 0.1) is 11.8 Å². The van der Waals surface area contributed by atoms with E-state index in [4.69, 9.17) is 16.7 Å². The maximum Gasteiger partial charge on any atom is 0.303 e. The lowest BCUT2D eigenvalue weighted by Crippen LogP contribution is -2.55. The first-order chi connectivity index (χ1) is 13.5. The number of aliphatic carboxylic acids is 1. The summed E-state index contributed by atoms with van der Waals surface area (Å²) in [5.41, 5.74) is -1.18. The van der Waals surface area contributed by atoms with E-state index in [0.717, 1.165) is 0 Å². The number of likely N-dealkylation sites (tertiary alicyclic amines) is 1. The number of imide groups is 1. The van der Waals surface area contributed by atoms with Crippen molar-refractivity contribution in [1.82, 2.24) is 10.2 Å². The number of anilines is 1. The Morgan fingerprint density at radius 2 is 1.93 bits per heavy atom. The molecule has 0 aliphatic carbocycles. The Balaban J connectivity index is 1.88. The Morgan fingerprint density at radius 1 is 1.24 bits per heavy atom. The van der Waals surface area contributed by atoms with Crippen LogP contribution in [0.1, 0.15) is 39.2 Å². The van der Waals surface area contributed by atoms with Crippen LogP contribution in [-0.4, -0.2) is 45.3 Å². The first-order valence-electron chi connectivity index (χ1n) is 9.47. The van der Waals surface area contributed by atoms with Crippen LogP contribution in [0.5, 0.6) is 0 Å². The third-order valence-electron chi connectivity index (χ3n) is 6.02. The van der Waals surface area contributed by atoms with E-state index in [1.807, 2.05) is 0 Å². The van der Waals surface area contributed by atoms with E-state index in [9.17, 15) is 19.2 Å². The van der Waals surface area contributed by atoms with E-state index < -0.39 is 46.7 Å². The van der Waals surface area contributed by atoms with Crippen LogP contribution < -0.4 is 10.6 Å². The highest BCUT2D eigenvalue weighted by molar-refractivity contribution is 6.31. The molecule has 154 valence electrons. The summed E-state index contributed by atoms with van der Waals surface area (Å²) in [4.78, 5) is 52.3. The molecular formula is C20H22ClN3O5. The summed E-state index contributed by atoms with van der Waals surface area (Å²) in [6.07, 6.45) is -0.0591. The predicted molar refractivity (Wildman–Crippen MR) is 104 cm³/mol.